The van der Waals surface area contributed by atoms with Gasteiger partial charge in [-0.3, -0.25) is 9.59 Å². The first-order chi connectivity index (χ1) is 12.8. The maximum Gasteiger partial charge on any atom is 0.310 e. The lowest BCUT2D eigenvalue weighted by molar-refractivity contribution is -0.146. The Morgan fingerprint density at radius 2 is 2.04 bits per heavy atom. The van der Waals surface area contributed by atoms with Gasteiger partial charge in [0.05, 0.1) is 6.42 Å². The van der Waals surface area contributed by atoms with Gasteiger partial charge in [-0.2, -0.15) is 10.1 Å². The SMILES string of the molecule is Cc1ccc(Cl)cc1NC(=O)COC(=O)Cc1c(C)nc2ncnn2c1C. The van der Waals surface area contributed by atoms with E-state index in [-0.39, 0.29) is 13.0 Å². The van der Waals surface area contributed by atoms with Crippen LogP contribution in [0.4, 0.5) is 5.69 Å². The summed E-state index contributed by atoms with van der Waals surface area (Å²) in [7, 11) is 0. The van der Waals surface area contributed by atoms with Gasteiger partial charge in [0.2, 0.25) is 0 Å². The van der Waals surface area contributed by atoms with Gasteiger partial charge < -0.3 is 10.1 Å². The molecule has 0 aliphatic rings. The summed E-state index contributed by atoms with van der Waals surface area (Å²) in [6, 6.07) is 5.17. The van der Waals surface area contributed by atoms with Gasteiger partial charge in [-0.15, -0.1) is 0 Å². The van der Waals surface area contributed by atoms with E-state index < -0.39 is 11.9 Å². The zero-order valence-electron chi connectivity index (χ0n) is 15.1. The molecule has 0 radical (unpaired) electrons. The zero-order valence-corrected chi connectivity index (χ0v) is 15.9. The minimum Gasteiger partial charge on any atom is -0.455 e. The lowest BCUT2D eigenvalue weighted by Gasteiger charge is -2.11. The number of hydrogen-bond acceptors (Lipinski definition) is 6. The number of carbonyl (C=O) groups excluding carboxylic acids is 2. The number of hydrogen-bond donors (Lipinski definition) is 1. The van der Waals surface area contributed by atoms with Crippen LogP contribution in [0.1, 0.15) is 22.5 Å². The third-order valence-corrected chi connectivity index (χ3v) is 4.38. The normalized spacial score (nSPS) is 10.8. The van der Waals surface area contributed by atoms with Gasteiger partial charge in [0, 0.05) is 27.7 Å². The molecule has 3 rings (SSSR count). The van der Waals surface area contributed by atoms with Crippen molar-refractivity contribution in [1.29, 1.82) is 0 Å². The van der Waals surface area contributed by atoms with Crippen molar-refractivity contribution in [2.75, 3.05) is 11.9 Å². The van der Waals surface area contributed by atoms with Gasteiger partial charge in [-0.25, -0.2) is 9.50 Å². The van der Waals surface area contributed by atoms with E-state index in [0.29, 0.717) is 27.7 Å². The minimum atomic E-state index is -0.527. The number of rotatable bonds is 5. The molecule has 0 unspecified atom stereocenters. The van der Waals surface area contributed by atoms with Crippen molar-refractivity contribution in [3.8, 4) is 0 Å². The molecule has 9 heteroatoms. The molecule has 140 valence electrons. The average Bonchev–Trinajstić information content (AvgIpc) is 3.08. The van der Waals surface area contributed by atoms with E-state index in [1.165, 1.54) is 6.33 Å². The van der Waals surface area contributed by atoms with E-state index in [1.807, 2.05) is 13.8 Å². The van der Waals surface area contributed by atoms with Crippen LogP contribution < -0.4 is 5.32 Å². The Morgan fingerprint density at radius 3 is 2.81 bits per heavy atom. The average molecular weight is 388 g/mol. The third-order valence-electron chi connectivity index (χ3n) is 4.15. The van der Waals surface area contributed by atoms with Crippen LogP contribution in [0.15, 0.2) is 24.5 Å². The second kappa shape index (κ2) is 7.71. The number of esters is 1. The summed E-state index contributed by atoms with van der Waals surface area (Å²) in [6.45, 7) is 5.07. The fourth-order valence-electron chi connectivity index (χ4n) is 2.67. The summed E-state index contributed by atoms with van der Waals surface area (Å²) < 4.78 is 6.66. The van der Waals surface area contributed by atoms with Crippen molar-refractivity contribution < 1.29 is 14.3 Å². The van der Waals surface area contributed by atoms with Crippen LogP contribution in [0, 0.1) is 20.8 Å². The number of anilines is 1. The molecule has 0 aliphatic heterocycles. The Hall–Kier alpha value is -3.00. The van der Waals surface area contributed by atoms with Gasteiger partial charge in [-0.05, 0) is 38.5 Å². The van der Waals surface area contributed by atoms with E-state index in [1.54, 1.807) is 29.6 Å². The molecular weight excluding hydrogens is 370 g/mol. The standard InChI is InChI=1S/C18H18ClN5O3/c1-10-4-5-13(19)6-15(10)23-16(25)8-27-17(26)7-14-11(2)22-18-20-9-21-24(18)12(14)3/h4-6,9H,7-8H2,1-3H3,(H,23,25). The van der Waals surface area contributed by atoms with Crippen LogP contribution in [0.5, 0.6) is 0 Å². The number of amides is 1. The third kappa shape index (κ3) is 4.22. The quantitative estimate of drug-likeness (QED) is 0.675. The Bertz CT molecular complexity index is 1030. The summed E-state index contributed by atoms with van der Waals surface area (Å²) in [5.74, 6) is -0.495. The molecule has 0 saturated carbocycles. The van der Waals surface area contributed by atoms with Crippen molar-refractivity contribution in [2.45, 2.75) is 27.2 Å². The number of aromatic nitrogens is 4. The molecule has 2 heterocycles. The van der Waals surface area contributed by atoms with Crippen molar-refractivity contribution in [3.05, 3.63) is 52.1 Å². The first kappa shape index (κ1) is 18.8. The highest BCUT2D eigenvalue weighted by Gasteiger charge is 2.16. The van der Waals surface area contributed by atoms with Crippen LogP contribution in [-0.4, -0.2) is 38.1 Å². The molecule has 2 aromatic heterocycles. The molecule has 3 aromatic rings. The van der Waals surface area contributed by atoms with Crippen molar-refractivity contribution in [3.63, 3.8) is 0 Å². The lowest BCUT2D eigenvalue weighted by Crippen LogP contribution is -2.22. The number of ether oxygens (including phenoxy) is 1. The highest BCUT2D eigenvalue weighted by Crippen LogP contribution is 2.20. The van der Waals surface area contributed by atoms with E-state index in [4.69, 9.17) is 16.3 Å². The molecule has 27 heavy (non-hydrogen) atoms. The Balaban J connectivity index is 1.61. The van der Waals surface area contributed by atoms with E-state index in [0.717, 1.165) is 11.3 Å². The molecule has 0 saturated heterocycles. The maximum atomic E-state index is 12.2. The zero-order chi connectivity index (χ0) is 19.6. The summed E-state index contributed by atoms with van der Waals surface area (Å²) in [4.78, 5) is 32.6. The van der Waals surface area contributed by atoms with Crippen LogP contribution in [0.3, 0.4) is 0 Å². The van der Waals surface area contributed by atoms with Gasteiger partial charge in [0.15, 0.2) is 6.61 Å². The summed E-state index contributed by atoms with van der Waals surface area (Å²) in [5.41, 5.74) is 3.56. The van der Waals surface area contributed by atoms with Crippen molar-refractivity contribution in [2.24, 2.45) is 0 Å². The van der Waals surface area contributed by atoms with Gasteiger partial charge >= 0.3 is 5.97 Å². The first-order valence-corrected chi connectivity index (χ1v) is 8.60. The topological polar surface area (TPSA) is 98.5 Å². The first-order valence-electron chi connectivity index (χ1n) is 8.22. The summed E-state index contributed by atoms with van der Waals surface area (Å²) >= 11 is 5.93. The van der Waals surface area contributed by atoms with Gasteiger partial charge in [0.25, 0.3) is 11.7 Å². The Morgan fingerprint density at radius 1 is 1.26 bits per heavy atom. The van der Waals surface area contributed by atoms with E-state index in [2.05, 4.69) is 20.4 Å². The number of carbonyl (C=O) groups is 2. The minimum absolute atomic E-state index is 0.00998. The second-order valence-electron chi connectivity index (χ2n) is 6.08. The van der Waals surface area contributed by atoms with Crippen LogP contribution in [-0.2, 0) is 20.7 Å². The monoisotopic (exact) mass is 387 g/mol. The van der Waals surface area contributed by atoms with Crippen LogP contribution >= 0.6 is 11.6 Å². The number of nitrogens with zero attached hydrogens (tertiary/aromatic N) is 4. The largest absolute Gasteiger partial charge is 0.455 e. The van der Waals surface area contributed by atoms with Crippen LogP contribution in [0.25, 0.3) is 5.78 Å². The number of halogens is 1. The predicted molar refractivity (Wildman–Crippen MR) is 99.7 cm³/mol. The van der Waals surface area contributed by atoms with Gasteiger partial charge in [0.1, 0.15) is 6.33 Å². The van der Waals surface area contributed by atoms with Gasteiger partial charge in [-0.1, -0.05) is 17.7 Å². The predicted octanol–water partition coefficient (Wildman–Crippen LogP) is 2.43. The molecular formula is C18H18ClN5O3. The number of fused-ring (bicyclic) bond motifs is 1. The smallest absolute Gasteiger partial charge is 0.310 e. The maximum absolute atomic E-state index is 12.2. The molecule has 0 fully saturated rings. The Kier molecular flexibility index (Phi) is 5.36. The highest BCUT2D eigenvalue weighted by molar-refractivity contribution is 6.31. The van der Waals surface area contributed by atoms with E-state index >= 15 is 0 Å². The molecule has 0 spiro atoms. The fourth-order valence-corrected chi connectivity index (χ4v) is 2.84. The number of nitrogens with one attached hydrogen (secondary N) is 1. The Labute approximate surface area is 160 Å². The molecule has 1 aromatic carbocycles. The summed E-state index contributed by atoms with van der Waals surface area (Å²) in [6.07, 6.45) is 1.39. The highest BCUT2D eigenvalue weighted by atomic mass is 35.5. The number of aryl methyl sites for hydroxylation is 3. The van der Waals surface area contributed by atoms with Crippen LogP contribution in [0.2, 0.25) is 5.02 Å². The molecule has 1 amide bonds. The molecule has 1 N–H and O–H groups in total. The second-order valence-corrected chi connectivity index (χ2v) is 6.51. The van der Waals surface area contributed by atoms with Crippen molar-refractivity contribution in [1.82, 2.24) is 19.6 Å². The fraction of sp³-hybridized carbons (Fsp3) is 0.278. The molecule has 0 bridgehead atoms. The van der Waals surface area contributed by atoms with Crippen molar-refractivity contribution >= 4 is 34.9 Å². The van der Waals surface area contributed by atoms with E-state index in [9.17, 15) is 9.59 Å². The lowest BCUT2D eigenvalue weighted by atomic mass is 10.1. The number of benzene rings is 1. The summed E-state index contributed by atoms with van der Waals surface area (Å²) in [5, 5.41) is 7.27. The molecule has 0 atom stereocenters. The molecule has 8 nitrogen and oxygen atoms in total. The molecule has 0 aliphatic carbocycles.